The van der Waals surface area contributed by atoms with E-state index >= 15 is 0 Å². The molecule has 0 saturated heterocycles. The lowest BCUT2D eigenvalue weighted by Crippen LogP contribution is -2.24. The zero-order valence-corrected chi connectivity index (χ0v) is 19.5. The Balaban J connectivity index is 1.24. The topological polar surface area (TPSA) is 46.9 Å². The summed E-state index contributed by atoms with van der Waals surface area (Å²) >= 11 is 0. The molecule has 0 saturated carbocycles. The molecule has 1 N–H and O–H groups in total. The molecule has 0 aliphatic heterocycles. The quantitative estimate of drug-likeness (QED) is 0.298. The number of hydrogen-bond donors (Lipinski definition) is 1. The Morgan fingerprint density at radius 3 is 2.39 bits per heavy atom. The lowest BCUT2D eigenvalue weighted by Gasteiger charge is -2.10. The highest BCUT2D eigenvalue weighted by atomic mass is 16.1. The first kappa shape index (κ1) is 22.8. The molecule has 170 valence electrons. The fourth-order valence-corrected chi connectivity index (χ4v) is 4.17. The maximum atomic E-state index is 12.1. The molecule has 4 aromatic rings. The summed E-state index contributed by atoms with van der Waals surface area (Å²) in [7, 11) is 0. The van der Waals surface area contributed by atoms with Gasteiger partial charge >= 0.3 is 0 Å². The van der Waals surface area contributed by atoms with Crippen LogP contribution in [-0.2, 0) is 24.2 Å². The average molecular weight is 440 g/mol. The summed E-state index contributed by atoms with van der Waals surface area (Å²) in [6.45, 7) is 3.70. The second-order valence-corrected chi connectivity index (χ2v) is 8.73. The Hall–Kier alpha value is -3.40. The zero-order chi connectivity index (χ0) is 22.9. The molecule has 4 heteroatoms. The number of nitrogens with one attached hydrogen (secondary N) is 1. The van der Waals surface area contributed by atoms with Gasteiger partial charge in [0.2, 0.25) is 5.91 Å². The van der Waals surface area contributed by atoms with Gasteiger partial charge in [-0.3, -0.25) is 4.79 Å². The van der Waals surface area contributed by atoms with Gasteiger partial charge in [-0.25, -0.2) is 4.98 Å². The molecule has 1 aromatic heterocycles. The van der Waals surface area contributed by atoms with E-state index in [1.165, 1.54) is 22.2 Å². The lowest BCUT2D eigenvalue weighted by atomic mass is 10.1. The highest BCUT2D eigenvalue weighted by Crippen LogP contribution is 2.20. The van der Waals surface area contributed by atoms with E-state index in [2.05, 4.69) is 77.5 Å². The van der Waals surface area contributed by atoms with Crippen LogP contribution >= 0.6 is 0 Å². The van der Waals surface area contributed by atoms with Gasteiger partial charge in [-0.15, -0.1) is 0 Å². The van der Waals surface area contributed by atoms with Crippen LogP contribution in [-0.4, -0.2) is 22.0 Å². The summed E-state index contributed by atoms with van der Waals surface area (Å²) in [6, 6.07) is 27.3. The van der Waals surface area contributed by atoms with Gasteiger partial charge in [0.15, 0.2) is 0 Å². The molecule has 0 aliphatic carbocycles. The van der Waals surface area contributed by atoms with Crippen molar-refractivity contribution in [2.45, 2.75) is 52.0 Å². The van der Waals surface area contributed by atoms with E-state index in [0.717, 1.165) is 56.5 Å². The van der Waals surface area contributed by atoms with Crippen molar-refractivity contribution >= 4 is 16.9 Å². The molecule has 0 bridgehead atoms. The van der Waals surface area contributed by atoms with Crippen LogP contribution in [0.25, 0.3) is 11.0 Å². The van der Waals surface area contributed by atoms with E-state index in [-0.39, 0.29) is 5.91 Å². The Morgan fingerprint density at radius 2 is 1.58 bits per heavy atom. The van der Waals surface area contributed by atoms with Crippen molar-refractivity contribution in [2.75, 3.05) is 6.54 Å². The number of carbonyl (C=O) groups is 1. The number of unbranched alkanes of at least 4 members (excludes halogenated alkanes) is 2. The Bertz CT molecular complexity index is 1160. The van der Waals surface area contributed by atoms with Gasteiger partial charge in [-0.1, -0.05) is 78.7 Å². The second-order valence-electron chi connectivity index (χ2n) is 8.73. The number of benzene rings is 3. The van der Waals surface area contributed by atoms with Crippen LogP contribution in [0.5, 0.6) is 0 Å². The number of nitrogens with zero attached hydrogens (tertiary/aromatic N) is 2. The molecule has 1 heterocycles. The third-order valence-corrected chi connectivity index (χ3v) is 6.08. The summed E-state index contributed by atoms with van der Waals surface area (Å²) in [5, 5.41) is 3.06. The zero-order valence-electron chi connectivity index (χ0n) is 19.5. The van der Waals surface area contributed by atoms with E-state index in [1.807, 2.05) is 18.2 Å². The lowest BCUT2D eigenvalue weighted by molar-refractivity contribution is -0.121. The smallest absolute Gasteiger partial charge is 0.220 e. The van der Waals surface area contributed by atoms with Crippen LogP contribution in [0, 0.1) is 6.92 Å². The molecule has 0 fully saturated rings. The van der Waals surface area contributed by atoms with Crippen LogP contribution in [0.2, 0.25) is 0 Å². The largest absolute Gasteiger partial charge is 0.356 e. The molecule has 0 atom stereocenters. The third-order valence-electron chi connectivity index (χ3n) is 6.08. The maximum Gasteiger partial charge on any atom is 0.220 e. The molecule has 4 rings (SSSR count). The molecular weight excluding hydrogens is 406 g/mol. The predicted octanol–water partition coefficient (Wildman–Crippen LogP) is 5.85. The van der Waals surface area contributed by atoms with Crippen molar-refractivity contribution in [1.82, 2.24) is 14.9 Å². The number of imidazole rings is 1. The first-order valence-electron chi connectivity index (χ1n) is 12.0. The normalized spacial score (nSPS) is 11.1. The molecule has 0 aliphatic rings. The summed E-state index contributed by atoms with van der Waals surface area (Å²) in [6.07, 6.45) is 5.43. The van der Waals surface area contributed by atoms with Gasteiger partial charge in [0.1, 0.15) is 5.82 Å². The van der Waals surface area contributed by atoms with Crippen molar-refractivity contribution in [3.63, 3.8) is 0 Å². The van der Waals surface area contributed by atoms with Crippen LogP contribution in [0.1, 0.15) is 48.2 Å². The van der Waals surface area contributed by atoms with Crippen molar-refractivity contribution in [3.05, 3.63) is 101 Å². The van der Waals surface area contributed by atoms with Crippen LogP contribution in [0.15, 0.2) is 78.9 Å². The van der Waals surface area contributed by atoms with E-state index in [9.17, 15) is 4.79 Å². The van der Waals surface area contributed by atoms with Gasteiger partial charge in [-0.2, -0.15) is 0 Å². The molecule has 4 nitrogen and oxygen atoms in total. The minimum absolute atomic E-state index is 0.138. The number of amides is 1. The SMILES string of the molecule is Cc1ccc(Cn2c(CCCCCNC(=O)CCc3ccccc3)nc3ccccc32)cc1. The van der Waals surface area contributed by atoms with E-state index in [1.54, 1.807) is 0 Å². The Labute approximate surface area is 196 Å². The van der Waals surface area contributed by atoms with Crippen LogP contribution in [0.4, 0.5) is 0 Å². The number of carbonyl (C=O) groups excluding carboxylic acids is 1. The highest BCUT2D eigenvalue weighted by molar-refractivity contribution is 5.76. The molecule has 1 amide bonds. The Morgan fingerprint density at radius 1 is 0.818 bits per heavy atom. The molecule has 0 unspecified atom stereocenters. The van der Waals surface area contributed by atoms with E-state index < -0.39 is 0 Å². The molecule has 0 spiro atoms. The highest BCUT2D eigenvalue weighted by Gasteiger charge is 2.11. The van der Waals surface area contributed by atoms with Crippen LogP contribution in [0.3, 0.4) is 0 Å². The summed E-state index contributed by atoms with van der Waals surface area (Å²) in [4.78, 5) is 17.0. The predicted molar refractivity (Wildman–Crippen MR) is 135 cm³/mol. The van der Waals surface area contributed by atoms with Crippen molar-refractivity contribution < 1.29 is 4.79 Å². The van der Waals surface area contributed by atoms with Gasteiger partial charge in [0, 0.05) is 25.9 Å². The fraction of sp³-hybridized carbons (Fsp3) is 0.310. The van der Waals surface area contributed by atoms with Gasteiger partial charge in [0.25, 0.3) is 0 Å². The minimum Gasteiger partial charge on any atom is -0.356 e. The monoisotopic (exact) mass is 439 g/mol. The minimum atomic E-state index is 0.138. The number of hydrogen-bond acceptors (Lipinski definition) is 2. The standard InChI is InChI=1S/C29H33N3O/c1-23-15-17-25(18-16-23)22-32-27-13-8-7-12-26(27)31-28(32)14-6-3-9-21-30-29(33)20-19-24-10-4-2-5-11-24/h2,4-5,7-8,10-13,15-18H,3,6,9,14,19-22H2,1H3,(H,30,33). The second kappa shape index (κ2) is 11.5. The van der Waals surface area contributed by atoms with E-state index in [0.29, 0.717) is 6.42 Å². The van der Waals surface area contributed by atoms with Gasteiger partial charge in [0.05, 0.1) is 11.0 Å². The molecule has 3 aromatic carbocycles. The maximum absolute atomic E-state index is 12.1. The van der Waals surface area contributed by atoms with Crippen molar-refractivity contribution in [3.8, 4) is 0 Å². The average Bonchev–Trinajstić information content (AvgIpc) is 3.19. The number of aryl methyl sites for hydroxylation is 3. The number of para-hydroxylation sites is 2. The third kappa shape index (κ3) is 6.55. The molecule has 0 radical (unpaired) electrons. The fourth-order valence-electron chi connectivity index (χ4n) is 4.17. The van der Waals surface area contributed by atoms with Crippen LogP contribution < -0.4 is 5.32 Å². The number of fused-ring (bicyclic) bond motifs is 1. The van der Waals surface area contributed by atoms with Gasteiger partial charge in [-0.05, 0) is 49.4 Å². The van der Waals surface area contributed by atoms with Crippen molar-refractivity contribution in [2.24, 2.45) is 0 Å². The van der Waals surface area contributed by atoms with E-state index in [4.69, 9.17) is 4.98 Å². The summed E-state index contributed by atoms with van der Waals surface area (Å²) < 4.78 is 2.35. The van der Waals surface area contributed by atoms with Gasteiger partial charge < -0.3 is 9.88 Å². The summed E-state index contributed by atoms with van der Waals surface area (Å²) in [5.74, 6) is 1.28. The summed E-state index contributed by atoms with van der Waals surface area (Å²) in [5.41, 5.74) is 6.04. The number of rotatable bonds is 11. The number of aromatic nitrogens is 2. The van der Waals surface area contributed by atoms with Crippen molar-refractivity contribution in [1.29, 1.82) is 0 Å². The Kier molecular flexibility index (Phi) is 7.91. The first-order valence-corrected chi connectivity index (χ1v) is 12.0. The molecule has 33 heavy (non-hydrogen) atoms. The first-order chi connectivity index (χ1) is 16.2. The molecular formula is C29H33N3O.